The largest absolute Gasteiger partial charge is 2.00 e. The number of halogens is 2. The zero-order valence-corrected chi connectivity index (χ0v) is 10.9. The molecule has 0 saturated heterocycles. The van der Waals surface area contributed by atoms with Gasteiger partial charge in [-0.25, -0.2) is 19.6 Å². The Morgan fingerprint density at radius 3 is 1.30 bits per heavy atom. The SMILES string of the molecule is C=C[CH2-].[CH2-]CC.[Cl-].[Cl-].[Mg+2].[Mg+2]. The molecule has 0 aromatic rings. The van der Waals surface area contributed by atoms with Gasteiger partial charge in [-0.05, 0) is 0 Å². The second-order valence-corrected chi connectivity index (χ2v) is 0.789. The van der Waals surface area contributed by atoms with Crippen molar-refractivity contribution in [3.63, 3.8) is 0 Å². The van der Waals surface area contributed by atoms with E-state index in [0.29, 0.717) is 0 Å². The molecule has 0 spiro atoms. The van der Waals surface area contributed by atoms with E-state index in [9.17, 15) is 0 Å². The van der Waals surface area contributed by atoms with Crippen LogP contribution in [0, 0.1) is 13.8 Å². The van der Waals surface area contributed by atoms with Crippen molar-refractivity contribution >= 4 is 46.1 Å². The summed E-state index contributed by atoms with van der Waals surface area (Å²) in [6.07, 6.45) is 2.50. The van der Waals surface area contributed by atoms with Gasteiger partial charge in [0.15, 0.2) is 0 Å². The van der Waals surface area contributed by atoms with Gasteiger partial charge in [0.05, 0.1) is 0 Å². The molecule has 4 heteroatoms. The summed E-state index contributed by atoms with van der Waals surface area (Å²) in [5, 5.41) is 0. The van der Waals surface area contributed by atoms with Crippen LogP contribution >= 0.6 is 0 Å². The minimum Gasteiger partial charge on any atom is -1.00 e. The molecule has 0 aromatic carbocycles. The first-order valence-corrected chi connectivity index (χ1v) is 2.02. The van der Waals surface area contributed by atoms with Gasteiger partial charge in [0.2, 0.25) is 0 Å². The number of allylic oxidation sites excluding steroid dienone is 1. The van der Waals surface area contributed by atoms with E-state index in [1.807, 2.05) is 6.92 Å². The Morgan fingerprint density at radius 2 is 1.30 bits per heavy atom. The average Bonchev–Trinajstić information content (AvgIpc) is 1.39. The molecule has 0 atom stereocenters. The van der Waals surface area contributed by atoms with Crippen molar-refractivity contribution in [2.45, 2.75) is 13.3 Å². The van der Waals surface area contributed by atoms with Crippen LogP contribution in [-0.2, 0) is 0 Å². The number of rotatable bonds is 0. The fraction of sp³-hybridized carbons (Fsp3) is 0.333. The Bertz CT molecular complexity index is 27.7. The normalized spacial score (nSPS) is 3.00. The molecule has 0 fully saturated rings. The predicted molar refractivity (Wildman–Crippen MR) is 42.7 cm³/mol. The van der Waals surface area contributed by atoms with E-state index >= 15 is 0 Å². The molecule has 0 rings (SSSR count). The maximum absolute atomic E-state index is 3.49. The van der Waals surface area contributed by atoms with Crippen LogP contribution in [-0.4, -0.2) is 46.1 Å². The molecule has 0 aromatic heterocycles. The molecule has 0 heterocycles. The summed E-state index contributed by atoms with van der Waals surface area (Å²) in [6.45, 7) is 12.0. The molecule has 10 heavy (non-hydrogen) atoms. The Kier molecular flexibility index (Phi) is 301. The van der Waals surface area contributed by atoms with Gasteiger partial charge >= 0.3 is 46.1 Å². The average molecular weight is 204 g/mol. The van der Waals surface area contributed by atoms with Crippen LogP contribution in [0.4, 0.5) is 0 Å². The van der Waals surface area contributed by atoms with Crippen LogP contribution in [0.3, 0.4) is 0 Å². The van der Waals surface area contributed by atoms with E-state index in [2.05, 4.69) is 20.4 Å². The van der Waals surface area contributed by atoms with Gasteiger partial charge in [-0.15, -0.1) is 0 Å². The molecule has 0 amide bonds. The smallest absolute Gasteiger partial charge is 1.00 e. The molecule has 0 bridgehead atoms. The van der Waals surface area contributed by atoms with E-state index in [4.69, 9.17) is 0 Å². The summed E-state index contributed by atoms with van der Waals surface area (Å²) >= 11 is 0. The Morgan fingerprint density at radius 1 is 1.30 bits per heavy atom. The van der Waals surface area contributed by atoms with Crippen LogP contribution in [0.2, 0.25) is 0 Å². The molecule has 0 nitrogen and oxygen atoms in total. The van der Waals surface area contributed by atoms with Crippen molar-refractivity contribution in [3.8, 4) is 0 Å². The third kappa shape index (κ3) is 249. The van der Waals surface area contributed by atoms with Crippen molar-refractivity contribution in [3.05, 3.63) is 26.5 Å². The van der Waals surface area contributed by atoms with Gasteiger partial charge in [-0.1, -0.05) is 6.92 Å². The molecule has 54 valence electrons. The first kappa shape index (κ1) is 41.2. The van der Waals surface area contributed by atoms with Crippen molar-refractivity contribution in [2.24, 2.45) is 0 Å². The number of hydrogen-bond donors (Lipinski definition) is 0. The van der Waals surface area contributed by atoms with Crippen LogP contribution in [0.25, 0.3) is 0 Å². The second-order valence-electron chi connectivity index (χ2n) is 0.789. The Hall–Kier alpha value is 1.72. The quantitative estimate of drug-likeness (QED) is 0.275. The first-order valence-electron chi connectivity index (χ1n) is 2.02. The maximum Gasteiger partial charge on any atom is 2.00 e. The molecule has 0 aliphatic rings. The van der Waals surface area contributed by atoms with Gasteiger partial charge < -0.3 is 31.7 Å². The van der Waals surface area contributed by atoms with E-state index in [1.165, 1.54) is 6.08 Å². The Balaban J connectivity index is -0.00000000571. The Labute approximate surface area is 110 Å². The second kappa shape index (κ2) is 73.1. The predicted octanol–water partition coefficient (Wildman–Crippen LogP) is -4.52. The maximum atomic E-state index is 3.49. The van der Waals surface area contributed by atoms with Gasteiger partial charge in [0.25, 0.3) is 0 Å². The van der Waals surface area contributed by atoms with E-state index in [-0.39, 0.29) is 70.9 Å². The van der Waals surface area contributed by atoms with E-state index in [0.717, 1.165) is 6.42 Å². The van der Waals surface area contributed by atoms with E-state index in [1.54, 1.807) is 0 Å². The van der Waals surface area contributed by atoms with Crippen LogP contribution in [0.5, 0.6) is 0 Å². The van der Waals surface area contributed by atoms with Crippen LogP contribution in [0.15, 0.2) is 12.7 Å². The first-order chi connectivity index (χ1) is 2.83. The third-order valence-corrected chi connectivity index (χ3v) is 0. The topological polar surface area (TPSA) is 0 Å². The molecular formula is C6H12Cl2Mg2. The number of hydrogen-bond acceptors (Lipinski definition) is 0. The molecule has 0 aliphatic carbocycles. The summed E-state index contributed by atoms with van der Waals surface area (Å²) < 4.78 is 0. The van der Waals surface area contributed by atoms with Gasteiger partial charge in [0, 0.05) is 0 Å². The summed E-state index contributed by atoms with van der Waals surface area (Å²) in [4.78, 5) is 0. The van der Waals surface area contributed by atoms with Gasteiger partial charge in [-0.3, -0.25) is 0 Å². The summed E-state index contributed by atoms with van der Waals surface area (Å²) in [6, 6.07) is 0. The monoisotopic (exact) mass is 202 g/mol. The minimum absolute atomic E-state index is 0. The summed E-state index contributed by atoms with van der Waals surface area (Å²) in [5.41, 5.74) is 0. The summed E-state index contributed by atoms with van der Waals surface area (Å²) in [5.74, 6) is 0. The minimum atomic E-state index is 0. The van der Waals surface area contributed by atoms with Crippen molar-refractivity contribution < 1.29 is 24.8 Å². The van der Waals surface area contributed by atoms with Crippen molar-refractivity contribution in [2.75, 3.05) is 0 Å². The van der Waals surface area contributed by atoms with Crippen molar-refractivity contribution in [1.82, 2.24) is 0 Å². The fourth-order valence-corrected chi connectivity index (χ4v) is 0. The standard InChI is InChI=1S/C3H7.C3H5.2ClH.2Mg/c2*1-3-2;;;;/h1,3H2,2H3;3H,1-2H2;2*1H;;/q2*-1;;;2*+2/p-2. The molecule has 0 aliphatic heterocycles. The van der Waals surface area contributed by atoms with Crippen molar-refractivity contribution in [1.29, 1.82) is 0 Å². The zero-order valence-electron chi connectivity index (χ0n) is 6.58. The molecule has 0 unspecified atom stereocenters. The summed E-state index contributed by atoms with van der Waals surface area (Å²) in [7, 11) is 0. The van der Waals surface area contributed by atoms with E-state index < -0.39 is 0 Å². The van der Waals surface area contributed by atoms with Crippen LogP contribution < -0.4 is 24.8 Å². The molecule has 0 radical (unpaired) electrons. The zero-order chi connectivity index (χ0) is 5.41. The van der Waals surface area contributed by atoms with Gasteiger partial charge in [0.1, 0.15) is 0 Å². The molecule has 0 N–H and O–H groups in total. The fourth-order valence-electron chi connectivity index (χ4n) is 0. The van der Waals surface area contributed by atoms with Gasteiger partial charge in [-0.2, -0.15) is 6.42 Å². The van der Waals surface area contributed by atoms with Crippen LogP contribution in [0.1, 0.15) is 13.3 Å². The molecule has 0 saturated carbocycles. The third-order valence-electron chi connectivity index (χ3n) is 0. The molecular weight excluding hydrogens is 192 g/mol.